The number of ether oxygens (including phenoxy) is 3. The highest BCUT2D eigenvalue weighted by molar-refractivity contribution is 5.78. The molecule has 0 bridgehead atoms. The average molecular weight is 253 g/mol. The van der Waals surface area contributed by atoms with Crippen LogP contribution < -0.4 is 4.74 Å². The van der Waals surface area contributed by atoms with Crippen molar-refractivity contribution in [2.24, 2.45) is 0 Å². The Morgan fingerprint density at radius 2 is 2.17 bits per heavy atom. The van der Waals surface area contributed by atoms with Crippen LogP contribution in [0.25, 0.3) is 0 Å². The lowest BCUT2D eigenvalue weighted by molar-refractivity contribution is -0.385. The summed E-state index contributed by atoms with van der Waals surface area (Å²) in [4.78, 5) is 21.4. The minimum atomic E-state index is -0.717. The van der Waals surface area contributed by atoms with Gasteiger partial charge in [-0.2, -0.15) is 0 Å². The van der Waals surface area contributed by atoms with Crippen LogP contribution in [0.4, 0.5) is 5.69 Å². The number of carbonyl (C=O) groups excluding carboxylic acids is 1. The lowest BCUT2D eigenvalue weighted by Crippen LogP contribution is -2.09. The first-order valence-corrected chi connectivity index (χ1v) is 5.14. The largest absolute Gasteiger partial charge is 0.496 e. The van der Waals surface area contributed by atoms with Gasteiger partial charge < -0.3 is 14.2 Å². The second-order valence-corrected chi connectivity index (χ2v) is 3.68. The molecule has 7 heteroatoms. The van der Waals surface area contributed by atoms with E-state index >= 15 is 0 Å². The number of benzene rings is 1. The van der Waals surface area contributed by atoms with Crippen molar-refractivity contribution in [1.82, 2.24) is 0 Å². The molecule has 1 saturated heterocycles. The first kappa shape index (κ1) is 12.3. The van der Waals surface area contributed by atoms with Crippen molar-refractivity contribution in [3.63, 3.8) is 0 Å². The topological polar surface area (TPSA) is 91.2 Å². The number of nitro benzene ring substituents is 1. The van der Waals surface area contributed by atoms with Crippen LogP contribution in [0.1, 0.15) is 11.7 Å². The van der Waals surface area contributed by atoms with Crippen molar-refractivity contribution in [2.45, 2.75) is 12.2 Å². The van der Waals surface area contributed by atoms with E-state index in [-0.39, 0.29) is 5.69 Å². The van der Waals surface area contributed by atoms with Crippen LogP contribution >= 0.6 is 0 Å². The molecule has 2 rings (SSSR count). The summed E-state index contributed by atoms with van der Waals surface area (Å²) in [6.07, 6.45) is -1.27. The van der Waals surface area contributed by atoms with E-state index in [0.717, 1.165) is 0 Å². The summed E-state index contributed by atoms with van der Waals surface area (Å²) in [6.45, 7) is 0. The number of hydrogen-bond acceptors (Lipinski definition) is 6. The first-order chi connectivity index (χ1) is 8.58. The first-order valence-electron chi connectivity index (χ1n) is 5.14. The Morgan fingerprint density at radius 3 is 2.72 bits per heavy atom. The molecule has 0 aliphatic carbocycles. The Labute approximate surface area is 102 Å². The molecular weight excluding hydrogens is 242 g/mol. The van der Waals surface area contributed by atoms with E-state index in [1.165, 1.54) is 32.4 Å². The van der Waals surface area contributed by atoms with Gasteiger partial charge in [-0.3, -0.25) is 10.1 Å². The van der Waals surface area contributed by atoms with Crippen LogP contribution in [0.5, 0.6) is 5.75 Å². The maximum atomic E-state index is 11.3. The molecule has 0 amide bonds. The lowest BCUT2D eigenvalue weighted by Gasteiger charge is -2.05. The zero-order valence-electron chi connectivity index (χ0n) is 9.78. The fourth-order valence-electron chi connectivity index (χ4n) is 1.70. The van der Waals surface area contributed by atoms with Crippen LogP contribution in [0.2, 0.25) is 0 Å². The zero-order valence-corrected chi connectivity index (χ0v) is 9.78. The van der Waals surface area contributed by atoms with Crippen molar-refractivity contribution in [3.8, 4) is 5.75 Å². The van der Waals surface area contributed by atoms with E-state index in [9.17, 15) is 14.9 Å². The predicted octanol–water partition coefficient (Wildman–Crippen LogP) is 1.22. The SMILES string of the molecule is COC(=O)[C@@H]1O[C@H]1c1cc([N+](=O)[O-])ccc1OC. The molecule has 96 valence electrons. The summed E-state index contributed by atoms with van der Waals surface area (Å²) in [5.74, 6) is -0.0643. The summed E-state index contributed by atoms with van der Waals surface area (Å²) in [5, 5.41) is 10.7. The van der Waals surface area contributed by atoms with Gasteiger partial charge in [0.1, 0.15) is 11.9 Å². The fraction of sp³-hybridized carbons (Fsp3) is 0.364. The number of nitrogens with zero attached hydrogens (tertiary/aromatic N) is 1. The Morgan fingerprint density at radius 1 is 1.44 bits per heavy atom. The Bertz CT molecular complexity index is 500. The van der Waals surface area contributed by atoms with Gasteiger partial charge in [0, 0.05) is 17.7 Å². The predicted molar refractivity (Wildman–Crippen MR) is 59.3 cm³/mol. The fourth-order valence-corrected chi connectivity index (χ4v) is 1.70. The number of nitro groups is 1. The van der Waals surface area contributed by atoms with Crippen LogP contribution in [-0.4, -0.2) is 31.2 Å². The molecule has 7 nitrogen and oxygen atoms in total. The van der Waals surface area contributed by atoms with Gasteiger partial charge in [0.25, 0.3) is 5.69 Å². The molecule has 0 spiro atoms. The van der Waals surface area contributed by atoms with E-state index in [2.05, 4.69) is 4.74 Å². The van der Waals surface area contributed by atoms with Crippen molar-refractivity contribution in [1.29, 1.82) is 0 Å². The van der Waals surface area contributed by atoms with E-state index < -0.39 is 23.1 Å². The van der Waals surface area contributed by atoms with E-state index in [4.69, 9.17) is 9.47 Å². The third-order valence-electron chi connectivity index (χ3n) is 2.66. The quantitative estimate of drug-likeness (QED) is 0.346. The third-order valence-corrected chi connectivity index (χ3v) is 2.66. The van der Waals surface area contributed by atoms with Crippen molar-refractivity contribution in [2.75, 3.05) is 14.2 Å². The van der Waals surface area contributed by atoms with Gasteiger partial charge in [0.05, 0.1) is 19.1 Å². The van der Waals surface area contributed by atoms with Crippen molar-refractivity contribution < 1.29 is 23.9 Å². The second-order valence-electron chi connectivity index (χ2n) is 3.68. The highest BCUT2D eigenvalue weighted by atomic mass is 16.6. The number of carbonyl (C=O) groups is 1. The Hall–Kier alpha value is -2.15. The summed E-state index contributed by atoms with van der Waals surface area (Å²) in [6, 6.07) is 4.15. The minimum absolute atomic E-state index is 0.0788. The number of rotatable bonds is 4. The normalized spacial score (nSPS) is 21.2. The molecule has 0 radical (unpaired) electrons. The molecule has 0 aromatic heterocycles. The molecule has 0 N–H and O–H groups in total. The highest BCUT2D eigenvalue weighted by Gasteiger charge is 2.49. The molecular formula is C11H11NO6. The van der Waals surface area contributed by atoms with Crippen LogP contribution in [0.15, 0.2) is 18.2 Å². The maximum absolute atomic E-state index is 11.3. The van der Waals surface area contributed by atoms with Gasteiger partial charge in [-0.1, -0.05) is 0 Å². The maximum Gasteiger partial charge on any atom is 0.338 e. The monoisotopic (exact) mass is 253 g/mol. The van der Waals surface area contributed by atoms with Crippen molar-refractivity contribution >= 4 is 11.7 Å². The molecule has 1 aliphatic heterocycles. The van der Waals surface area contributed by atoms with E-state index in [0.29, 0.717) is 11.3 Å². The number of esters is 1. The molecule has 1 aromatic rings. The zero-order chi connectivity index (χ0) is 13.3. The summed E-state index contributed by atoms with van der Waals surface area (Å²) in [5.41, 5.74) is 0.395. The van der Waals surface area contributed by atoms with Gasteiger partial charge in [-0.25, -0.2) is 4.79 Å². The molecule has 18 heavy (non-hydrogen) atoms. The molecule has 2 atom stereocenters. The van der Waals surface area contributed by atoms with Gasteiger partial charge in [0.2, 0.25) is 0 Å². The van der Waals surface area contributed by atoms with Crippen LogP contribution in [-0.2, 0) is 14.3 Å². The van der Waals surface area contributed by atoms with Gasteiger partial charge >= 0.3 is 5.97 Å². The highest BCUT2D eigenvalue weighted by Crippen LogP contribution is 2.44. The summed E-state index contributed by atoms with van der Waals surface area (Å²) < 4.78 is 14.8. The molecule has 0 unspecified atom stereocenters. The van der Waals surface area contributed by atoms with E-state index in [1.807, 2.05) is 0 Å². The molecule has 1 fully saturated rings. The Balaban J connectivity index is 2.29. The molecule has 0 saturated carbocycles. The van der Waals surface area contributed by atoms with E-state index in [1.54, 1.807) is 0 Å². The lowest BCUT2D eigenvalue weighted by atomic mass is 10.1. The number of methoxy groups -OCH3 is 2. The smallest absolute Gasteiger partial charge is 0.338 e. The molecule has 1 heterocycles. The molecule has 1 aromatic carbocycles. The average Bonchev–Trinajstić information content (AvgIpc) is 3.17. The number of hydrogen-bond donors (Lipinski definition) is 0. The summed E-state index contributed by atoms with van der Waals surface area (Å²) >= 11 is 0. The second kappa shape index (κ2) is 4.61. The van der Waals surface area contributed by atoms with Crippen LogP contribution in [0.3, 0.4) is 0 Å². The van der Waals surface area contributed by atoms with Crippen LogP contribution in [0, 0.1) is 10.1 Å². The molecule has 1 aliphatic rings. The van der Waals surface area contributed by atoms with Gasteiger partial charge in [-0.15, -0.1) is 0 Å². The minimum Gasteiger partial charge on any atom is -0.496 e. The summed E-state index contributed by atoms with van der Waals surface area (Å²) in [7, 11) is 2.70. The standard InChI is InChI=1S/C11H11NO6/c1-16-8-4-3-6(12(14)15)5-7(8)9-10(18-9)11(13)17-2/h3-5,9-10H,1-2H3/t9-,10+/m0/s1. The third kappa shape index (κ3) is 2.12. The van der Waals surface area contributed by atoms with Crippen molar-refractivity contribution in [3.05, 3.63) is 33.9 Å². The number of non-ortho nitro benzene ring substituents is 1. The van der Waals surface area contributed by atoms with Gasteiger partial charge in [-0.05, 0) is 6.07 Å². The number of epoxide rings is 1. The Kier molecular flexibility index (Phi) is 3.15. The van der Waals surface area contributed by atoms with Gasteiger partial charge in [0.15, 0.2) is 6.10 Å².